The number of hydrazine groups is 1. The van der Waals surface area contributed by atoms with Crippen LogP contribution in [0.5, 0.6) is 0 Å². The molecule has 3 heterocycles. The van der Waals surface area contributed by atoms with E-state index in [-0.39, 0.29) is 34.5 Å². The standard InChI is InChI=1S/C25H31ClN8O2.C2HF3O2/c1-18(35)33-9-7-21(8-10-33)34(24-22(26)16-28-23(15-27)29-24)30-25(36)20-5-3-19(4-6-20)17-32-13-11-31(2)12-14-32;3-2(4,5)1(6)7/h3-6,16,21H,7-14,17H2,1-2H3,(H,30,36);(H,6,7). The topological polar surface area (TPSA) is 146 Å². The molecule has 0 atom stereocenters. The second-order valence-corrected chi connectivity index (χ2v) is 10.5. The largest absolute Gasteiger partial charge is 0.490 e. The normalized spacial score (nSPS) is 16.4. The van der Waals surface area contributed by atoms with E-state index in [9.17, 15) is 28.0 Å². The first-order valence-electron chi connectivity index (χ1n) is 13.4. The number of piperidine rings is 1. The van der Waals surface area contributed by atoms with Crippen molar-refractivity contribution < 1.29 is 32.7 Å². The van der Waals surface area contributed by atoms with Gasteiger partial charge in [0.15, 0.2) is 5.82 Å². The van der Waals surface area contributed by atoms with Crippen molar-refractivity contribution in [1.29, 1.82) is 5.26 Å². The molecule has 43 heavy (non-hydrogen) atoms. The minimum atomic E-state index is -5.08. The number of nitrogens with one attached hydrogen (secondary N) is 1. The van der Waals surface area contributed by atoms with Crippen molar-refractivity contribution in [2.75, 3.05) is 51.3 Å². The van der Waals surface area contributed by atoms with Gasteiger partial charge in [-0.3, -0.25) is 24.9 Å². The lowest BCUT2D eigenvalue weighted by molar-refractivity contribution is -0.192. The molecule has 0 radical (unpaired) electrons. The summed E-state index contributed by atoms with van der Waals surface area (Å²) < 4.78 is 31.7. The summed E-state index contributed by atoms with van der Waals surface area (Å²) in [4.78, 5) is 48.6. The number of likely N-dealkylation sites (tertiary alicyclic amines) is 1. The Labute approximate surface area is 251 Å². The first-order chi connectivity index (χ1) is 20.3. The average Bonchev–Trinajstić information content (AvgIpc) is 2.97. The van der Waals surface area contributed by atoms with E-state index in [1.807, 2.05) is 30.3 Å². The molecule has 0 aliphatic carbocycles. The van der Waals surface area contributed by atoms with Crippen LogP contribution in [0.25, 0.3) is 0 Å². The van der Waals surface area contributed by atoms with Gasteiger partial charge in [0.05, 0.1) is 12.2 Å². The summed E-state index contributed by atoms with van der Waals surface area (Å²) in [5.74, 6) is -2.81. The van der Waals surface area contributed by atoms with E-state index in [0.717, 1.165) is 38.3 Å². The number of piperazine rings is 1. The number of carboxylic acid groups (broad SMARTS) is 1. The maximum Gasteiger partial charge on any atom is 0.490 e. The van der Waals surface area contributed by atoms with Crippen LogP contribution in [0.4, 0.5) is 19.0 Å². The highest BCUT2D eigenvalue weighted by atomic mass is 35.5. The fourth-order valence-electron chi connectivity index (χ4n) is 4.54. The maximum absolute atomic E-state index is 13.3. The Kier molecular flexibility index (Phi) is 11.6. The third-order valence-electron chi connectivity index (χ3n) is 7.01. The number of aromatic nitrogens is 2. The number of alkyl halides is 3. The molecule has 1 aromatic heterocycles. The van der Waals surface area contributed by atoms with Gasteiger partial charge in [-0.05, 0) is 37.6 Å². The quantitative estimate of drug-likeness (QED) is 0.460. The van der Waals surface area contributed by atoms with E-state index in [2.05, 4.69) is 32.2 Å². The van der Waals surface area contributed by atoms with Gasteiger partial charge in [0.1, 0.15) is 11.1 Å². The Balaban J connectivity index is 0.000000646. The number of halogens is 4. The molecule has 2 aromatic rings. The van der Waals surface area contributed by atoms with Crippen LogP contribution in [-0.4, -0.2) is 106 Å². The number of nitrogens with zero attached hydrogens (tertiary/aromatic N) is 7. The fraction of sp³-hybridized carbons (Fsp3) is 0.481. The summed E-state index contributed by atoms with van der Waals surface area (Å²) in [6.07, 6.45) is -2.49. The van der Waals surface area contributed by atoms with Crippen LogP contribution in [0.1, 0.15) is 41.5 Å². The predicted molar refractivity (Wildman–Crippen MR) is 150 cm³/mol. The molecule has 2 aliphatic rings. The highest BCUT2D eigenvalue weighted by Gasteiger charge is 2.38. The van der Waals surface area contributed by atoms with Gasteiger partial charge < -0.3 is 14.9 Å². The molecule has 2 saturated heterocycles. The van der Waals surface area contributed by atoms with Crippen molar-refractivity contribution in [3.05, 3.63) is 52.4 Å². The lowest BCUT2D eigenvalue weighted by atomic mass is 10.0. The summed E-state index contributed by atoms with van der Waals surface area (Å²) in [5, 5.41) is 18.3. The van der Waals surface area contributed by atoms with E-state index < -0.39 is 12.1 Å². The van der Waals surface area contributed by atoms with Gasteiger partial charge in [-0.15, -0.1) is 0 Å². The summed E-state index contributed by atoms with van der Waals surface area (Å²) in [6.45, 7) is 7.68. The number of aliphatic carboxylic acids is 1. The number of hydrogen-bond acceptors (Lipinski definition) is 9. The van der Waals surface area contributed by atoms with Crippen LogP contribution < -0.4 is 10.4 Å². The second kappa shape index (κ2) is 14.9. The highest BCUT2D eigenvalue weighted by Crippen LogP contribution is 2.27. The third-order valence-corrected chi connectivity index (χ3v) is 7.28. The molecule has 2 N–H and O–H groups in total. The second-order valence-electron chi connectivity index (χ2n) is 10.1. The molecule has 0 spiro atoms. The SMILES string of the molecule is CC(=O)N1CCC(N(NC(=O)c2ccc(CN3CCN(C)CC3)cc2)c2nc(C#N)ncc2Cl)CC1.O=C(O)C(F)(F)F. The van der Waals surface area contributed by atoms with Gasteiger partial charge in [-0.1, -0.05) is 23.7 Å². The Morgan fingerprint density at radius 2 is 1.70 bits per heavy atom. The van der Waals surface area contributed by atoms with Crippen molar-refractivity contribution in [1.82, 2.24) is 30.1 Å². The number of anilines is 1. The van der Waals surface area contributed by atoms with Crippen LogP contribution in [0, 0.1) is 11.3 Å². The molecule has 12 nitrogen and oxygen atoms in total. The number of benzene rings is 1. The number of carboxylic acids is 1. The number of hydrogen-bond donors (Lipinski definition) is 2. The van der Waals surface area contributed by atoms with Gasteiger partial charge >= 0.3 is 12.1 Å². The molecule has 2 amide bonds. The zero-order valence-corrected chi connectivity index (χ0v) is 24.4. The van der Waals surface area contributed by atoms with E-state index in [0.29, 0.717) is 31.5 Å². The van der Waals surface area contributed by atoms with Crippen molar-refractivity contribution in [2.24, 2.45) is 0 Å². The predicted octanol–water partition coefficient (Wildman–Crippen LogP) is 2.54. The third kappa shape index (κ3) is 9.77. The minimum absolute atomic E-state index is 0.0209. The van der Waals surface area contributed by atoms with Crippen LogP contribution in [0.15, 0.2) is 30.5 Å². The molecule has 0 unspecified atom stereocenters. The Hall–Kier alpha value is -4.00. The average molecular weight is 625 g/mol. The molecule has 16 heteroatoms. The smallest absolute Gasteiger partial charge is 0.475 e. The molecule has 2 aliphatic heterocycles. The van der Waals surface area contributed by atoms with Crippen molar-refractivity contribution >= 4 is 35.2 Å². The minimum Gasteiger partial charge on any atom is -0.475 e. The number of nitriles is 1. The van der Waals surface area contributed by atoms with Crippen LogP contribution in [0.3, 0.4) is 0 Å². The number of rotatable bonds is 6. The van der Waals surface area contributed by atoms with Crippen molar-refractivity contribution in [3.63, 3.8) is 0 Å². The van der Waals surface area contributed by atoms with Gasteiger partial charge in [0.2, 0.25) is 11.7 Å². The lowest BCUT2D eigenvalue weighted by Crippen LogP contribution is -2.54. The summed E-state index contributed by atoms with van der Waals surface area (Å²) >= 11 is 6.40. The van der Waals surface area contributed by atoms with Gasteiger partial charge in [-0.2, -0.15) is 23.4 Å². The Bertz CT molecular complexity index is 1320. The number of likely N-dealkylation sites (N-methyl/N-ethyl adjacent to an activating group) is 1. The van der Waals surface area contributed by atoms with Gasteiger partial charge in [-0.25, -0.2) is 9.78 Å². The first-order valence-corrected chi connectivity index (χ1v) is 13.7. The molecule has 4 rings (SSSR count). The van der Waals surface area contributed by atoms with Gasteiger partial charge in [0, 0.05) is 58.3 Å². The highest BCUT2D eigenvalue weighted by molar-refractivity contribution is 6.32. The zero-order valence-electron chi connectivity index (χ0n) is 23.6. The molecule has 1 aromatic carbocycles. The lowest BCUT2D eigenvalue weighted by Gasteiger charge is -2.38. The molecular weight excluding hydrogens is 593 g/mol. The Morgan fingerprint density at radius 3 is 2.21 bits per heavy atom. The zero-order chi connectivity index (χ0) is 31.7. The molecule has 232 valence electrons. The van der Waals surface area contributed by atoms with Gasteiger partial charge in [0.25, 0.3) is 5.91 Å². The van der Waals surface area contributed by atoms with E-state index in [1.54, 1.807) is 16.8 Å². The Morgan fingerprint density at radius 1 is 1.12 bits per heavy atom. The van der Waals surface area contributed by atoms with Crippen LogP contribution >= 0.6 is 11.6 Å². The maximum atomic E-state index is 13.3. The van der Waals surface area contributed by atoms with E-state index in [1.165, 1.54) is 6.20 Å². The number of carbonyl (C=O) groups is 3. The summed E-state index contributed by atoms with van der Waals surface area (Å²) in [5.41, 5.74) is 4.62. The summed E-state index contributed by atoms with van der Waals surface area (Å²) in [6, 6.07) is 9.37. The molecular formula is C27H32ClF3N8O4. The van der Waals surface area contributed by atoms with Crippen LogP contribution in [0.2, 0.25) is 5.02 Å². The van der Waals surface area contributed by atoms with E-state index in [4.69, 9.17) is 21.5 Å². The van der Waals surface area contributed by atoms with Crippen molar-refractivity contribution in [2.45, 2.75) is 38.5 Å². The van der Waals surface area contributed by atoms with E-state index >= 15 is 0 Å². The molecule has 0 bridgehead atoms. The number of amides is 2. The monoisotopic (exact) mass is 624 g/mol. The first kappa shape index (κ1) is 33.5. The van der Waals surface area contributed by atoms with Crippen molar-refractivity contribution in [3.8, 4) is 6.07 Å². The fourth-order valence-corrected chi connectivity index (χ4v) is 4.72. The van der Waals surface area contributed by atoms with Crippen LogP contribution in [-0.2, 0) is 16.1 Å². The molecule has 2 fully saturated rings. The number of carbonyl (C=O) groups excluding carboxylic acids is 2. The summed E-state index contributed by atoms with van der Waals surface area (Å²) in [7, 11) is 2.14. The molecule has 0 saturated carbocycles.